The predicted octanol–water partition coefficient (Wildman–Crippen LogP) is 1.22. The summed E-state index contributed by atoms with van der Waals surface area (Å²) in [6.07, 6.45) is 5.07. The van der Waals surface area contributed by atoms with E-state index in [4.69, 9.17) is 4.74 Å². The number of carbonyl (C=O) groups excluding carboxylic acids is 2. The maximum Gasteiger partial charge on any atom is 0.249 e. The number of hydrogen-bond acceptors (Lipinski definition) is 3. The zero-order valence-corrected chi connectivity index (χ0v) is 12.4. The Bertz CT molecular complexity index is 423. The molecule has 0 radical (unpaired) electrons. The van der Waals surface area contributed by atoms with Crippen LogP contribution in [0.5, 0.6) is 0 Å². The van der Waals surface area contributed by atoms with E-state index in [1.54, 1.807) is 0 Å². The second kappa shape index (κ2) is 4.72. The highest BCUT2D eigenvalue weighted by Gasteiger charge is 2.56. The third-order valence-electron chi connectivity index (χ3n) is 5.23. The van der Waals surface area contributed by atoms with Gasteiger partial charge in [-0.15, -0.1) is 0 Å². The molecule has 5 heteroatoms. The van der Waals surface area contributed by atoms with Crippen LogP contribution in [0.15, 0.2) is 0 Å². The van der Waals surface area contributed by atoms with Gasteiger partial charge in [-0.25, -0.2) is 0 Å². The first-order chi connectivity index (χ1) is 9.52. The van der Waals surface area contributed by atoms with Gasteiger partial charge < -0.3 is 15.0 Å². The molecule has 1 saturated carbocycles. The van der Waals surface area contributed by atoms with Crippen LogP contribution in [-0.2, 0) is 14.3 Å². The molecule has 0 aromatic rings. The van der Waals surface area contributed by atoms with Gasteiger partial charge in [-0.1, -0.05) is 19.8 Å². The Morgan fingerprint density at radius 3 is 2.55 bits per heavy atom. The van der Waals surface area contributed by atoms with Crippen molar-refractivity contribution in [1.82, 2.24) is 10.2 Å². The summed E-state index contributed by atoms with van der Waals surface area (Å²) in [6, 6.07) is -0.347. The van der Waals surface area contributed by atoms with Crippen molar-refractivity contribution in [2.45, 2.75) is 69.5 Å². The molecule has 2 heterocycles. The van der Waals surface area contributed by atoms with Gasteiger partial charge >= 0.3 is 0 Å². The average Bonchev–Trinajstić information content (AvgIpc) is 3.04. The van der Waals surface area contributed by atoms with Gasteiger partial charge in [0.15, 0.2) is 0 Å². The van der Waals surface area contributed by atoms with E-state index in [0.29, 0.717) is 19.6 Å². The standard InChI is InChI=1S/C15H24N2O3/c1-3-11-12(18)16-15(6-4-5-7-15)13(19)17(11)14(2)8-9-20-10-14/h11H,3-10H2,1-2H3,(H,16,18). The highest BCUT2D eigenvalue weighted by Crippen LogP contribution is 2.39. The Kier molecular flexibility index (Phi) is 3.27. The van der Waals surface area contributed by atoms with Crippen LogP contribution in [0.25, 0.3) is 0 Å². The molecule has 2 unspecified atom stereocenters. The van der Waals surface area contributed by atoms with Crippen LogP contribution < -0.4 is 5.32 Å². The molecule has 0 aromatic heterocycles. The summed E-state index contributed by atoms with van der Waals surface area (Å²) in [5.74, 6) is 0.136. The van der Waals surface area contributed by atoms with Gasteiger partial charge in [0.25, 0.3) is 0 Å². The summed E-state index contributed by atoms with van der Waals surface area (Å²) in [4.78, 5) is 27.5. The minimum Gasteiger partial charge on any atom is -0.379 e. The maximum absolute atomic E-state index is 13.1. The number of rotatable bonds is 2. The molecule has 3 rings (SSSR count). The van der Waals surface area contributed by atoms with Crippen LogP contribution in [0, 0.1) is 0 Å². The topological polar surface area (TPSA) is 58.6 Å². The van der Waals surface area contributed by atoms with Gasteiger partial charge in [-0.05, 0) is 32.6 Å². The maximum atomic E-state index is 13.1. The molecule has 2 saturated heterocycles. The molecule has 5 nitrogen and oxygen atoms in total. The number of ether oxygens (including phenoxy) is 1. The fourth-order valence-corrected chi connectivity index (χ4v) is 4.01. The highest BCUT2D eigenvalue weighted by atomic mass is 16.5. The number of carbonyl (C=O) groups is 2. The van der Waals surface area contributed by atoms with Crippen molar-refractivity contribution in [2.75, 3.05) is 13.2 Å². The summed E-state index contributed by atoms with van der Waals surface area (Å²) < 4.78 is 5.52. The van der Waals surface area contributed by atoms with Crippen LogP contribution in [0.2, 0.25) is 0 Å². The molecule has 20 heavy (non-hydrogen) atoms. The molecular weight excluding hydrogens is 256 g/mol. The molecular formula is C15H24N2O3. The molecule has 0 aromatic carbocycles. The zero-order chi connectivity index (χ0) is 14.4. The first kappa shape index (κ1) is 13.9. The van der Waals surface area contributed by atoms with E-state index in [-0.39, 0.29) is 23.4 Å². The van der Waals surface area contributed by atoms with Gasteiger partial charge in [-0.2, -0.15) is 0 Å². The smallest absolute Gasteiger partial charge is 0.249 e. The molecule has 3 aliphatic rings. The van der Waals surface area contributed by atoms with E-state index in [1.807, 2.05) is 11.8 Å². The third kappa shape index (κ3) is 1.86. The minimum absolute atomic E-state index is 0.0159. The fourth-order valence-electron chi connectivity index (χ4n) is 4.01. The van der Waals surface area contributed by atoms with Crippen molar-refractivity contribution in [1.29, 1.82) is 0 Å². The van der Waals surface area contributed by atoms with Crippen LogP contribution >= 0.6 is 0 Å². The molecule has 2 atom stereocenters. The van der Waals surface area contributed by atoms with E-state index in [9.17, 15) is 9.59 Å². The van der Waals surface area contributed by atoms with Crippen molar-refractivity contribution in [3.05, 3.63) is 0 Å². The Labute approximate surface area is 120 Å². The molecule has 2 aliphatic heterocycles. The summed E-state index contributed by atoms with van der Waals surface area (Å²) in [5.41, 5.74) is -0.959. The van der Waals surface area contributed by atoms with E-state index < -0.39 is 5.54 Å². The molecule has 1 N–H and O–H groups in total. The van der Waals surface area contributed by atoms with Crippen LogP contribution in [0.4, 0.5) is 0 Å². The SMILES string of the molecule is CCC1C(=O)NC2(CCCC2)C(=O)N1C1(C)CCOC1. The molecule has 2 amide bonds. The highest BCUT2D eigenvalue weighted by molar-refractivity contribution is 6.00. The van der Waals surface area contributed by atoms with Crippen LogP contribution in [-0.4, -0.2) is 47.0 Å². The number of hydrogen-bond donors (Lipinski definition) is 1. The Balaban J connectivity index is 1.98. The fraction of sp³-hybridized carbons (Fsp3) is 0.867. The van der Waals surface area contributed by atoms with Gasteiger partial charge in [-0.3, -0.25) is 9.59 Å². The second-order valence-corrected chi connectivity index (χ2v) is 6.68. The quantitative estimate of drug-likeness (QED) is 0.827. The summed E-state index contributed by atoms with van der Waals surface area (Å²) in [6.45, 7) is 5.24. The molecule has 1 aliphatic carbocycles. The number of nitrogens with one attached hydrogen (secondary N) is 1. The number of piperazine rings is 1. The first-order valence-corrected chi connectivity index (χ1v) is 7.76. The van der Waals surface area contributed by atoms with Gasteiger partial charge in [0.05, 0.1) is 12.1 Å². The van der Waals surface area contributed by atoms with E-state index in [1.165, 1.54) is 0 Å². The predicted molar refractivity (Wildman–Crippen MR) is 74.1 cm³/mol. The Morgan fingerprint density at radius 2 is 2.00 bits per heavy atom. The average molecular weight is 280 g/mol. The summed E-state index contributed by atoms with van der Waals surface area (Å²) >= 11 is 0. The zero-order valence-electron chi connectivity index (χ0n) is 12.4. The molecule has 3 fully saturated rings. The van der Waals surface area contributed by atoms with E-state index in [0.717, 1.165) is 32.1 Å². The summed E-state index contributed by atoms with van der Waals surface area (Å²) in [5, 5.41) is 3.04. The Morgan fingerprint density at radius 1 is 1.30 bits per heavy atom. The molecule has 1 spiro atoms. The lowest BCUT2D eigenvalue weighted by Crippen LogP contribution is -2.73. The molecule has 112 valence electrons. The molecule has 0 bridgehead atoms. The lowest BCUT2D eigenvalue weighted by Gasteiger charge is -2.50. The van der Waals surface area contributed by atoms with E-state index >= 15 is 0 Å². The van der Waals surface area contributed by atoms with Crippen molar-refractivity contribution < 1.29 is 14.3 Å². The normalized spacial score (nSPS) is 36.7. The van der Waals surface area contributed by atoms with Gasteiger partial charge in [0, 0.05) is 6.61 Å². The lowest BCUT2D eigenvalue weighted by molar-refractivity contribution is -0.162. The van der Waals surface area contributed by atoms with Crippen molar-refractivity contribution >= 4 is 11.8 Å². The Hall–Kier alpha value is -1.10. The second-order valence-electron chi connectivity index (χ2n) is 6.68. The van der Waals surface area contributed by atoms with Crippen LogP contribution in [0.1, 0.15) is 52.4 Å². The number of nitrogens with zero attached hydrogens (tertiary/aromatic N) is 1. The first-order valence-electron chi connectivity index (χ1n) is 7.76. The third-order valence-corrected chi connectivity index (χ3v) is 5.23. The van der Waals surface area contributed by atoms with Crippen molar-refractivity contribution in [3.8, 4) is 0 Å². The van der Waals surface area contributed by atoms with Crippen molar-refractivity contribution in [3.63, 3.8) is 0 Å². The number of amides is 2. The van der Waals surface area contributed by atoms with E-state index in [2.05, 4.69) is 12.2 Å². The van der Waals surface area contributed by atoms with Gasteiger partial charge in [0.2, 0.25) is 11.8 Å². The lowest BCUT2D eigenvalue weighted by atomic mass is 9.85. The summed E-state index contributed by atoms with van der Waals surface area (Å²) in [7, 11) is 0. The van der Waals surface area contributed by atoms with Crippen molar-refractivity contribution in [2.24, 2.45) is 0 Å². The van der Waals surface area contributed by atoms with Gasteiger partial charge in [0.1, 0.15) is 11.6 Å². The van der Waals surface area contributed by atoms with Crippen LogP contribution in [0.3, 0.4) is 0 Å². The minimum atomic E-state index is -0.631. The largest absolute Gasteiger partial charge is 0.379 e. The monoisotopic (exact) mass is 280 g/mol.